The van der Waals surface area contributed by atoms with Crippen molar-refractivity contribution in [3.8, 4) is 0 Å². The summed E-state index contributed by atoms with van der Waals surface area (Å²) in [7, 11) is 0. The lowest BCUT2D eigenvalue weighted by Crippen LogP contribution is -2.49. The zero-order valence-corrected chi connectivity index (χ0v) is 16.1. The van der Waals surface area contributed by atoms with Crippen molar-refractivity contribution in [2.45, 2.75) is 0 Å². The summed E-state index contributed by atoms with van der Waals surface area (Å²) < 4.78 is 18.5. The third-order valence-electron chi connectivity index (χ3n) is 4.70. The second-order valence-corrected chi connectivity index (χ2v) is 6.60. The second kappa shape index (κ2) is 9.64. The third kappa shape index (κ3) is 5.40. The molecule has 30 heavy (non-hydrogen) atoms. The Labute approximate surface area is 172 Å². The molecule has 2 aromatic rings. The highest BCUT2D eigenvalue weighted by molar-refractivity contribution is 5.89. The van der Waals surface area contributed by atoms with Crippen LogP contribution < -0.4 is 4.90 Å². The number of carbonyl (C=O) groups excluding carboxylic acids is 2. The fourth-order valence-electron chi connectivity index (χ4n) is 3.04. The molecule has 9 heteroatoms. The number of amides is 1. The van der Waals surface area contributed by atoms with Crippen molar-refractivity contribution in [1.82, 2.24) is 4.90 Å². The fraction of sp³-hybridized carbons (Fsp3) is 0.238. The van der Waals surface area contributed by atoms with Crippen molar-refractivity contribution in [2.24, 2.45) is 0 Å². The number of esters is 1. The summed E-state index contributed by atoms with van der Waals surface area (Å²) in [6.45, 7) is 1.62. The van der Waals surface area contributed by atoms with Gasteiger partial charge in [-0.25, -0.2) is 9.18 Å². The number of carbonyl (C=O) groups is 2. The van der Waals surface area contributed by atoms with E-state index < -0.39 is 23.3 Å². The van der Waals surface area contributed by atoms with Gasteiger partial charge in [-0.1, -0.05) is 18.2 Å². The van der Waals surface area contributed by atoms with Gasteiger partial charge < -0.3 is 14.5 Å². The van der Waals surface area contributed by atoms with Gasteiger partial charge in [-0.05, 0) is 24.3 Å². The molecule has 0 bridgehead atoms. The molecule has 1 heterocycles. The van der Waals surface area contributed by atoms with Crippen LogP contribution >= 0.6 is 0 Å². The van der Waals surface area contributed by atoms with Crippen molar-refractivity contribution in [3.63, 3.8) is 0 Å². The average Bonchev–Trinajstić information content (AvgIpc) is 2.77. The highest BCUT2D eigenvalue weighted by Crippen LogP contribution is 2.20. The maximum Gasteiger partial charge on any atom is 0.331 e. The van der Waals surface area contributed by atoms with E-state index in [2.05, 4.69) is 0 Å². The molecule has 0 spiro atoms. The standard InChI is InChI=1S/C21H20FN3O5/c22-19-4-2-1-3-16(19)5-10-21(27)30-15-20(26)24-13-11-23(12-14-24)17-6-8-18(9-7-17)25(28)29/h1-10H,11-15H2/b10-5+. The summed E-state index contributed by atoms with van der Waals surface area (Å²) >= 11 is 0. The van der Waals surface area contributed by atoms with E-state index in [1.165, 1.54) is 30.3 Å². The van der Waals surface area contributed by atoms with Gasteiger partial charge in [0, 0.05) is 55.6 Å². The molecule has 1 fully saturated rings. The number of benzene rings is 2. The van der Waals surface area contributed by atoms with Crippen LogP contribution in [0, 0.1) is 15.9 Å². The molecular formula is C21H20FN3O5. The van der Waals surface area contributed by atoms with Crippen LogP contribution in [0.5, 0.6) is 0 Å². The first-order chi connectivity index (χ1) is 14.4. The van der Waals surface area contributed by atoms with Gasteiger partial charge in [0.15, 0.2) is 6.61 Å². The van der Waals surface area contributed by atoms with E-state index in [1.54, 1.807) is 29.2 Å². The van der Waals surface area contributed by atoms with Crippen LogP contribution in [-0.4, -0.2) is 54.5 Å². The Morgan fingerprint density at radius 1 is 1.07 bits per heavy atom. The second-order valence-electron chi connectivity index (χ2n) is 6.60. The monoisotopic (exact) mass is 413 g/mol. The first-order valence-corrected chi connectivity index (χ1v) is 9.30. The zero-order chi connectivity index (χ0) is 21.5. The van der Waals surface area contributed by atoms with E-state index in [0.29, 0.717) is 26.2 Å². The van der Waals surface area contributed by atoms with Gasteiger partial charge in [-0.15, -0.1) is 0 Å². The Morgan fingerprint density at radius 2 is 1.73 bits per heavy atom. The van der Waals surface area contributed by atoms with E-state index in [9.17, 15) is 24.1 Å². The minimum absolute atomic E-state index is 0.0263. The molecule has 1 saturated heterocycles. The van der Waals surface area contributed by atoms with Gasteiger partial charge in [-0.3, -0.25) is 14.9 Å². The van der Waals surface area contributed by atoms with Crippen molar-refractivity contribution in [3.05, 3.63) is 76.1 Å². The molecule has 1 aliphatic rings. The van der Waals surface area contributed by atoms with E-state index in [4.69, 9.17) is 4.74 Å². The summed E-state index contributed by atoms with van der Waals surface area (Å²) in [5.41, 5.74) is 1.12. The predicted molar refractivity (Wildman–Crippen MR) is 108 cm³/mol. The average molecular weight is 413 g/mol. The lowest BCUT2D eigenvalue weighted by Gasteiger charge is -2.36. The van der Waals surface area contributed by atoms with E-state index in [0.717, 1.165) is 11.8 Å². The molecule has 2 aromatic carbocycles. The third-order valence-corrected chi connectivity index (χ3v) is 4.70. The fourth-order valence-corrected chi connectivity index (χ4v) is 3.04. The minimum Gasteiger partial charge on any atom is -0.452 e. The van der Waals surface area contributed by atoms with Crippen molar-refractivity contribution < 1.29 is 23.6 Å². The smallest absolute Gasteiger partial charge is 0.331 e. The summed E-state index contributed by atoms with van der Waals surface area (Å²) in [5.74, 6) is -1.49. The van der Waals surface area contributed by atoms with Gasteiger partial charge in [-0.2, -0.15) is 0 Å². The topological polar surface area (TPSA) is 93.0 Å². The summed E-state index contributed by atoms with van der Waals surface area (Å²) in [5, 5.41) is 10.7. The van der Waals surface area contributed by atoms with Crippen LogP contribution in [0.1, 0.15) is 5.56 Å². The number of non-ortho nitro benzene ring substituents is 1. The molecule has 0 unspecified atom stereocenters. The molecule has 8 nitrogen and oxygen atoms in total. The molecule has 1 aliphatic heterocycles. The number of halogens is 1. The number of hydrogen-bond acceptors (Lipinski definition) is 6. The molecule has 3 rings (SSSR count). The van der Waals surface area contributed by atoms with Gasteiger partial charge in [0.25, 0.3) is 11.6 Å². The summed E-state index contributed by atoms with van der Waals surface area (Å²) in [4.78, 5) is 37.9. The van der Waals surface area contributed by atoms with Crippen LogP contribution in [0.4, 0.5) is 15.8 Å². The largest absolute Gasteiger partial charge is 0.452 e. The van der Waals surface area contributed by atoms with Gasteiger partial charge >= 0.3 is 5.97 Å². The molecule has 1 amide bonds. The van der Waals surface area contributed by atoms with Crippen molar-refractivity contribution in [2.75, 3.05) is 37.7 Å². The quantitative estimate of drug-likeness (QED) is 0.313. The number of nitro benzene ring substituents is 1. The molecule has 156 valence electrons. The Hall–Kier alpha value is -3.75. The van der Waals surface area contributed by atoms with Crippen LogP contribution in [0.3, 0.4) is 0 Å². The molecular weight excluding hydrogens is 393 g/mol. The Balaban J connectivity index is 1.44. The SMILES string of the molecule is O=C(/C=C/c1ccccc1F)OCC(=O)N1CCN(c2ccc([N+](=O)[O-])cc2)CC1. The van der Waals surface area contributed by atoms with Gasteiger partial charge in [0.1, 0.15) is 5.82 Å². The number of hydrogen-bond donors (Lipinski definition) is 0. The van der Waals surface area contributed by atoms with Crippen LogP contribution in [0.25, 0.3) is 6.08 Å². The van der Waals surface area contributed by atoms with Crippen LogP contribution in [-0.2, 0) is 14.3 Å². The first kappa shape index (κ1) is 21.0. The maximum atomic E-state index is 13.5. The van der Waals surface area contributed by atoms with Gasteiger partial charge in [0.05, 0.1) is 4.92 Å². The lowest BCUT2D eigenvalue weighted by atomic mass is 10.2. The first-order valence-electron chi connectivity index (χ1n) is 9.30. The highest BCUT2D eigenvalue weighted by atomic mass is 19.1. The molecule has 0 aliphatic carbocycles. The van der Waals surface area contributed by atoms with E-state index in [1.807, 2.05) is 4.90 Å². The summed E-state index contributed by atoms with van der Waals surface area (Å²) in [6.07, 6.45) is 2.38. The maximum absolute atomic E-state index is 13.5. The number of ether oxygens (including phenoxy) is 1. The number of nitrogens with zero attached hydrogens (tertiary/aromatic N) is 3. The number of rotatable bonds is 6. The normalized spacial score (nSPS) is 14.0. The Kier molecular flexibility index (Phi) is 6.74. The Morgan fingerprint density at radius 3 is 2.37 bits per heavy atom. The highest BCUT2D eigenvalue weighted by Gasteiger charge is 2.22. The molecule has 0 radical (unpaired) electrons. The molecule has 0 N–H and O–H groups in total. The number of anilines is 1. The lowest BCUT2D eigenvalue weighted by molar-refractivity contribution is -0.384. The molecule has 0 aromatic heterocycles. The van der Waals surface area contributed by atoms with Crippen LogP contribution in [0.2, 0.25) is 0 Å². The summed E-state index contributed by atoms with van der Waals surface area (Å²) in [6, 6.07) is 12.2. The van der Waals surface area contributed by atoms with Gasteiger partial charge in [0.2, 0.25) is 0 Å². The predicted octanol–water partition coefficient (Wildman–Crippen LogP) is 2.64. The minimum atomic E-state index is -0.726. The van der Waals surface area contributed by atoms with E-state index in [-0.39, 0.29) is 17.2 Å². The zero-order valence-electron chi connectivity index (χ0n) is 16.1. The van der Waals surface area contributed by atoms with E-state index >= 15 is 0 Å². The van der Waals surface area contributed by atoms with Crippen molar-refractivity contribution >= 4 is 29.3 Å². The number of nitro groups is 1. The molecule has 0 atom stereocenters. The molecule has 0 saturated carbocycles. The van der Waals surface area contributed by atoms with Crippen molar-refractivity contribution in [1.29, 1.82) is 0 Å². The number of piperazine rings is 1. The van der Waals surface area contributed by atoms with Crippen LogP contribution in [0.15, 0.2) is 54.6 Å². The Bertz CT molecular complexity index is 953.